The Labute approximate surface area is 135 Å². The van der Waals surface area contributed by atoms with Gasteiger partial charge in [-0.3, -0.25) is 5.10 Å². The van der Waals surface area contributed by atoms with Gasteiger partial charge in [0.25, 0.3) is 0 Å². The van der Waals surface area contributed by atoms with E-state index in [1.807, 2.05) is 30.3 Å². The Morgan fingerprint density at radius 3 is 2.09 bits per heavy atom. The molecule has 0 aliphatic carbocycles. The largest absolute Gasteiger partial charge is 0.285 e. The Balaban J connectivity index is 1.94. The highest BCUT2D eigenvalue weighted by molar-refractivity contribution is 7.89. The molecule has 0 atom stereocenters. The molecule has 0 unspecified atom stereocenters. The number of hydrogen-bond donors (Lipinski definition) is 1. The van der Waals surface area contributed by atoms with Crippen LogP contribution in [0.5, 0.6) is 0 Å². The maximum Gasteiger partial charge on any atom is 0.243 e. The van der Waals surface area contributed by atoms with Crippen LogP contribution >= 0.6 is 0 Å². The highest BCUT2D eigenvalue weighted by Crippen LogP contribution is 2.20. The third kappa shape index (κ3) is 3.67. The molecule has 2 aromatic carbocycles. The molecule has 0 amide bonds. The lowest BCUT2D eigenvalue weighted by Crippen LogP contribution is -2.30. The molecule has 1 aromatic heterocycles. The van der Waals surface area contributed by atoms with E-state index in [1.165, 1.54) is 4.31 Å². The van der Waals surface area contributed by atoms with Crippen molar-refractivity contribution in [2.75, 3.05) is 0 Å². The van der Waals surface area contributed by atoms with Crippen LogP contribution in [0.25, 0.3) is 0 Å². The first-order valence-electron chi connectivity index (χ1n) is 7.23. The van der Waals surface area contributed by atoms with Crippen LogP contribution in [0.3, 0.4) is 0 Å². The normalized spacial score (nSPS) is 11.7. The number of H-pyrrole nitrogens is 1. The zero-order valence-corrected chi connectivity index (χ0v) is 13.3. The van der Waals surface area contributed by atoms with Crippen molar-refractivity contribution in [3.8, 4) is 0 Å². The number of sulfonamides is 1. The fourth-order valence-corrected chi connectivity index (χ4v) is 3.76. The Kier molecular flexibility index (Phi) is 4.55. The minimum atomic E-state index is -3.58. The van der Waals surface area contributed by atoms with Gasteiger partial charge in [-0.15, -0.1) is 0 Å². The van der Waals surface area contributed by atoms with Gasteiger partial charge < -0.3 is 0 Å². The van der Waals surface area contributed by atoms with Crippen LogP contribution in [-0.2, 0) is 23.1 Å². The Morgan fingerprint density at radius 2 is 1.48 bits per heavy atom. The molecule has 0 aliphatic rings. The molecule has 3 aromatic rings. The molecular formula is C17H17N3O2S. The molecule has 0 saturated carbocycles. The van der Waals surface area contributed by atoms with E-state index in [9.17, 15) is 8.42 Å². The van der Waals surface area contributed by atoms with Crippen molar-refractivity contribution < 1.29 is 8.42 Å². The molecule has 6 heteroatoms. The van der Waals surface area contributed by atoms with E-state index in [-0.39, 0.29) is 6.54 Å². The van der Waals surface area contributed by atoms with Crippen LogP contribution in [0.4, 0.5) is 0 Å². The molecule has 118 valence electrons. The number of rotatable bonds is 6. The van der Waals surface area contributed by atoms with E-state index in [2.05, 4.69) is 10.2 Å². The van der Waals surface area contributed by atoms with E-state index in [0.717, 1.165) is 11.1 Å². The summed E-state index contributed by atoms with van der Waals surface area (Å²) in [5.74, 6) is 0. The van der Waals surface area contributed by atoms with Crippen LogP contribution in [0, 0.1) is 0 Å². The first-order valence-corrected chi connectivity index (χ1v) is 8.67. The van der Waals surface area contributed by atoms with Gasteiger partial charge in [-0.1, -0.05) is 48.5 Å². The highest BCUT2D eigenvalue weighted by Gasteiger charge is 2.24. The van der Waals surface area contributed by atoms with E-state index >= 15 is 0 Å². The van der Waals surface area contributed by atoms with Gasteiger partial charge in [-0.2, -0.15) is 9.40 Å². The summed E-state index contributed by atoms with van der Waals surface area (Å²) in [4.78, 5) is 0.291. The number of aromatic amines is 1. The van der Waals surface area contributed by atoms with Crippen LogP contribution < -0.4 is 0 Å². The number of nitrogens with zero attached hydrogens (tertiary/aromatic N) is 2. The van der Waals surface area contributed by atoms with Gasteiger partial charge in [-0.05, 0) is 17.7 Å². The summed E-state index contributed by atoms with van der Waals surface area (Å²) in [5, 5.41) is 6.61. The van der Waals surface area contributed by atoms with Gasteiger partial charge in [0.1, 0.15) is 0 Å². The lowest BCUT2D eigenvalue weighted by Gasteiger charge is -2.22. The fraction of sp³-hybridized carbons (Fsp3) is 0.118. The quantitative estimate of drug-likeness (QED) is 0.757. The van der Waals surface area contributed by atoms with Gasteiger partial charge in [0.15, 0.2) is 0 Å². The molecule has 0 fully saturated rings. The van der Waals surface area contributed by atoms with Gasteiger partial charge in [0.2, 0.25) is 10.0 Å². The smallest absolute Gasteiger partial charge is 0.243 e. The van der Waals surface area contributed by atoms with Crippen molar-refractivity contribution in [3.63, 3.8) is 0 Å². The minimum Gasteiger partial charge on any atom is -0.285 e. The Morgan fingerprint density at radius 1 is 0.870 bits per heavy atom. The van der Waals surface area contributed by atoms with Crippen molar-refractivity contribution in [1.29, 1.82) is 0 Å². The molecule has 0 spiro atoms. The zero-order valence-electron chi connectivity index (χ0n) is 12.5. The van der Waals surface area contributed by atoms with Gasteiger partial charge in [0.05, 0.1) is 11.1 Å². The number of aromatic nitrogens is 2. The topological polar surface area (TPSA) is 66.1 Å². The number of benzene rings is 2. The summed E-state index contributed by atoms with van der Waals surface area (Å²) >= 11 is 0. The van der Waals surface area contributed by atoms with Crippen molar-refractivity contribution in [3.05, 3.63) is 84.2 Å². The molecule has 0 saturated heterocycles. The summed E-state index contributed by atoms with van der Waals surface area (Å²) in [5.41, 5.74) is 1.76. The molecular weight excluding hydrogens is 310 g/mol. The predicted octanol–water partition coefficient (Wildman–Crippen LogP) is 2.80. The monoisotopic (exact) mass is 327 g/mol. The van der Waals surface area contributed by atoms with Crippen molar-refractivity contribution in [2.45, 2.75) is 18.0 Å². The molecule has 1 heterocycles. The lowest BCUT2D eigenvalue weighted by molar-refractivity contribution is 0.401. The first kappa shape index (κ1) is 15.5. The summed E-state index contributed by atoms with van der Waals surface area (Å²) in [7, 11) is -3.58. The van der Waals surface area contributed by atoms with Crippen molar-refractivity contribution >= 4 is 10.0 Å². The average molecular weight is 327 g/mol. The summed E-state index contributed by atoms with van der Waals surface area (Å²) < 4.78 is 27.4. The fourth-order valence-electron chi connectivity index (χ4n) is 2.32. The van der Waals surface area contributed by atoms with Crippen LogP contribution in [0.15, 0.2) is 78.0 Å². The SMILES string of the molecule is O=S(=O)(c1ccccc1)N(Cc1ccccc1)Cc1cn[nH]c1. The number of nitrogens with one attached hydrogen (secondary N) is 1. The van der Waals surface area contributed by atoms with Crippen molar-refractivity contribution in [1.82, 2.24) is 14.5 Å². The van der Waals surface area contributed by atoms with E-state index < -0.39 is 10.0 Å². The molecule has 0 radical (unpaired) electrons. The maximum atomic E-state index is 13.0. The second-order valence-corrected chi connectivity index (χ2v) is 7.12. The maximum absolute atomic E-state index is 13.0. The molecule has 23 heavy (non-hydrogen) atoms. The molecule has 0 bridgehead atoms. The summed E-state index contributed by atoms with van der Waals surface area (Å²) in [6.45, 7) is 0.575. The molecule has 1 N–H and O–H groups in total. The summed E-state index contributed by atoms with van der Waals surface area (Å²) in [6.07, 6.45) is 3.34. The van der Waals surface area contributed by atoms with E-state index in [1.54, 1.807) is 42.7 Å². The van der Waals surface area contributed by atoms with Crippen LogP contribution in [-0.4, -0.2) is 22.9 Å². The zero-order chi connectivity index (χ0) is 16.1. The predicted molar refractivity (Wildman–Crippen MR) is 87.9 cm³/mol. The molecule has 0 aliphatic heterocycles. The summed E-state index contributed by atoms with van der Waals surface area (Å²) in [6, 6.07) is 18.0. The standard InChI is InChI=1S/C17H17N3O2S/c21-23(22,17-9-5-2-6-10-17)20(14-16-11-18-19-12-16)13-15-7-3-1-4-8-15/h1-12H,13-14H2,(H,18,19). The first-order chi connectivity index (χ1) is 11.2. The van der Waals surface area contributed by atoms with E-state index in [0.29, 0.717) is 11.4 Å². The van der Waals surface area contributed by atoms with Gasteiger partial charge >= 0.3 is 0 Å². The minimum absolute atomic E-state index is 0.266. The van der Waals surface area contributed by atoms with Gasteiger partial charge in [0, 0.05) is 24.8 Å². The Bertz CT molecular complexity index is 832. The third-order valence-corrected chi connectivity index (χ3v) is 5.30. The molecule has 5 nitrogen and oxygen atoms in total. The second kappa shape index (κ2) is 6.76. The van der Waals surface area contributed by atoms with Crippen LogP contribution in [0.1, 0.15) is 11.1 Å². The van der Waals surface area contributed by atoms with Gasteiger partial charge in [-0.25, -0.2) is 8.42 Å². The average Bonchev–Trinajstić information content (AvgIpc) is 3.09. The Hall–Kier alpha value is -2.44. The lowest BCUT2D eigenvalue weighted by atomic mass is 10.2. The highest BCUT2D eigenvalue weighted by atomic mass is 32.2. The number of hydrogen-bond acceptors (Lipinski definition) is 3. The van der Waals surface area contributed by atoms with E-state index in [4.69, 9.17) is 0 Å². The second-order valence-electron chi connectivity index (χ2n) is 5.18. The van der Waals surface area contributed by atoms with Crippen molar-refractivity contribution in [2.24, 2.45) is 0 Å². The van der Waals surface area contributed by atoms with Crippen LogP contribution in [0.2, 0.25) is 0 Å². The third-order valence-electron chi connectivity index (χ3n) is 3.50. The molecule has 3 rings (SSSR count).